The number of hydrogen-bond acceptors (Lipinski definition) is 4. The molecule has 4 heteroatoms. The average Bonchev–Trinajstić information content (AvgIpc) is 2.39. The van der Waals surface area contributed by atoms with Crippen LogP contribution in [0.1, 0.15) is 26.3 Å². The van der Waals surface area contributed by atoms with Gasteiger partial charge in [-0.15, -0.1) is 0 Å². The largest absolute Gasteiger partial charge is 0.378 e. The standard InChI is InChI=1S/C15H24N2O2/c1-15(2,3)19-16-12-13-4-6-14(7-5-13)17-8-10-18-11-9-17/h4-7,16H,8-12H2,1-3H3. The van der Waals surface area contributed by atoms with Crippen LogP contribution in [0.15, 0.2) is 24.3 Å². The average molecular weight is 264 g/mol. The normalized spacial score (nSPS) is 16.7. The van der Waals surface area contributed by atoms with Gasteiger partial charge in [-0.1, -0.05) is 12.1 Å². The zero-order valence-electron chi connectivity index (χ0n) is 12.1. The summed E-state index contributed by atoms with van der Waals surface area (Å²) in [4.78, 5) is 7.86. The van der Waals surface area contributed by atoms with Crippen molar-refractivity contribution >= 4 is 5.69 Å². The minimum atomic E-state index is -0.159. The van der Waals surface area contributed by atoms with Crippen LogP contribution in [0.2, 0.25) is 0 Å². The van der Waals surface area contributed by atoms with Crippen LogP contribution in [0.3, 0.4) is 0 Å². The molecule has 0 spiro atoms. The van der Waals surface area contributed by atoms with Gasteiger partial charge in [0.2, 0.25) is 0 Å². The zero-order valence-corrected chi connectivity index (χ0v) is 12.1. The lowest BCUT2D eigenvalue weighted by molar-refractivity contribution is -0.0757. The molecule has 0 unspecified atom stereocenters. The first-order chi connectivity index (χ1) is 9.04. The number of hydroxylamine groups is 1. The van der Waals surface area contributed by atoms with Gasteiger partial charge in [-0.3, -0.25) is 4.84 Å². The van der Waals surface area contributed by atoms with E-state index < -0.39 is 0 Å². The summed E-state index contributed by atoms with van der Waals surface area (Å²) in [5.74, 6) is 0. The van der Waals surface area contributed by atoms with Gasteiger partial charge in [0, 0.05) is 25.3 Å². The molecule has 0 aromatic heterocycles. The van der Waals surface area contributed by atoms with E-state index in [4.69, 9.17) is 9.57 Å². The molecule has 2 rings (SSSR count). The zero-order chi connectivity index (χ0) is 13.7. The van der Waals surface area contributed by atoms with Gasteiger partial charge in [-0.25, -0.2) is 0 Å². The molecule has 1 heterocycles. The number of nitrogens with one attached hydrogen (secondary N) is 1. The maximum Gasteiger partial charge on any atom is 0.0813 e. The molecule has 0 saturated carbocycles. The van der Waals surface area contributed by atoms with Crippen molar-refractivity contribution in [3.63, 3.8) is 0 Å². The molecule has 0 radical (unpaired) electrons. The van der Waals surface area contributed by atoms with E-state index in [1.165, 1.54) is 11.3 Å². The van der Waals surface area contributed by atoms with Crippen molar-refractivity contribution in [1.29, 1.82) is 0 Å². The Kier molecular flexibility index (Phi) is 4.80. The number of nitrogens with zero attached hydrogens (tertiary/aromatic N) is 1. The summed E-state index contributed by atoms with van der Waals surface area (Å²) >= 11 is 0. The highest BCUT2D eigenvalue weighted by Gasteiger charge is 2.11. The Labute approximate surface area is 115 Å². The lowest BCUT2D eigenvalue weighted by atomic mass is 10.2. The van der Waals surface area contributed by atoms with Gasteiger partial charge in [-0.2, -0.15) is 5.48 Å². The number of hydrogen-bond donors (Lipinski definition) is 1. The SMILES string of the molecule is CC(C)(C)ONCc1ccc(N2CCOCC2)cc1. The fourth-order valence-corrected chi connectivity index (χ4v) is 1.98. The fourth-order valence-electron chi connectivity index (χ4n) is 1.98. The van der Waals surface area contributed by atoms with Crippen LogP contribution in [0, 0.1) is 0 Å². The molecule has 0 atom stereocenters. The third-order valence-electron chi connectivity index (χ3n) is 2.97. The second kappa shape index (κ2) is 6.37. The van der Waals surface area contributed by atoms with Crippen molar-refractivity contribution in [2.24, 2.45) is 0 Å². The summed E-state index contributed by atoms with van der Waals surface area (Å²) in [5.41, 5.74) is 5.34. The van der Waals surface area contributed by atoms with Crippen molar-refractivity contribution in [3.05, 3.63) is 29.8 Å². The molecule has 1 saturated heterocycles. The third kappa shape index (κ3) is 4.82. The van der Waals surface area contributed by atoms with Gasteiger partial charge < -0.3 is 9.64 Å². The smallest absolute Gasteiger partial charge is 0.0813 e. The number of anilines is 1. The van der Waals surface area contributed by atoms with Crippen molar-refractivity contribution in [2.75, 3.05) is 31.2 Å². The molecule has 1 N–H and O–H groups in total. The summed E-state index contributed by atoms with van der Waals surface area (Å²) in [6.07, 6.45) is 0. The molecule has 0 amide bonds. The third-order valence-corrected chi connectivity index (χ3v) is 2.97. The van der Waals surface area contributed by atoms with Gasteiger partial charge in [-0.05, 0) is 38.5 Å². The first-order valence-electron chi connectivity index (χ1n) is 6.87. The van der Waals surface area contributed by atoms with Gasteiger partial charge in [0.15, 0.2) is 0 Å². The molecule has 0 aliphatic carbocycles. The molecule has 0 bridgehead atoms. The Balaban J connectivity index is 1.84. The minimum Gasteiger partial charge on any atom is -0.378 e. The van der Waals surface area contributed by atoms with Crippen LogP contribution in [-0.2, 0) is 16.1 Å². The van der Waals surface area contributed by atoms with Gasteiger partial charge in [0.05, 0.1) is 18.8 Å². The van der Waals surface area contributed by atoms with E-state index in [1.807, 2.05) is 20.8 Å². The summed E-state index contributed by atoms with van der Waals surface area (Å²) in [7, 11) is 0. The molecule has 4 nitrogen and oxygen atoms in total. The van der Waals surface area contributed by atoms with E-state index in [2.05, 4.69) is 34.6 Å². The van der Waals surface area contributed by atoms with E-state index >= 15 is 0 Å². The van der Waals surface area contributed by atoms with Crippen molar-refractivity contribution in [3.8, 4) is 0 Å². The maximum absolute atomic E-state index is 5.50. The van der Waals surface area contributed by atoms with Crippen LogP contribution in [0.4, 0.5) is 5.69 Å². The number of benzene rings is 1. The molecular weight excluding hydrogens is 240 g/mol. The Morgan fingerprint density at radius 1 is 1.16 bits per heavy atom. The molecule has 106 valence electrons. The second-order valence-corrected chi connectivity index (χ2v) is 5.80. The minimum absolute atomic E-state index is 0.159. The maximum atomic E-state index is 5.50. The van der Waals surface area contributed by atoms with Crippen LogP contribution in [0.5, 0.6) is 0 Å². The Hall–Kier alpha value is -1.10. The van der Waals surface area contributed by atoms with Gasteiger partial charge in [0.25, 0.3) is 0 Å². The molecular formula is C15H24N2O2. The topological polar surface area (TPSA) is 33.7 Å². The molecule has 1 aliphatic rings. The number of rotatable bonds is 4. The quantitative estimate of drug-likeness (QED) is 0.846. The molecule has 19 heavy (non-hydrogen) atoms. The molecule has 1 aromatic rings. The fraction of sp³-hybridized carbons (Fsp3) is 0.600. The summed E-state index contributed by atoms with van der Waals surface area (Å²) in [5, 5.41) is 0. The van der Waals surface area contributed by atoms with Gasteiger partial charge in [0.1, 0.15) is 0 Å². The van der Waals surface area contributed by atoms with E-state index in [1.54, 1.807) is 0 Å². The highest BCUT2D eigenvalue weighted by molar-refractivity contribution is 5.47. The van der Waals surface area contributed by atoms with E-state index in [-0.39, 0.29) is 5.60 Å². The lowest BCUT2D eigenvalue weighted by Gasteiger charge is -2.29. The first-order valence-corrected chi connectivity index (χ1v) is 6.87. The predicted octanol–water partition coefficient (Wildman–Crippen LogP) is 2.34. The van der Waals surface area contributed by atoms with Crippen LogP contribution >= 0.6 is 0 Å². The molecule has 1 aliphatic heterocycles. The molecule has 1 fully saturated rings. The molecule has 1 aromatic carbocycles. The monoisotopic (exact) mass is 264 g/mol. The van der Waals surface area contributed by atoms with Crippen LogP contribution < -0.4 is 10.4 Å². The summed E-state index contributed by atoms with van der Waals surface area (Å²) in [6.45, 7) is 10.4. The highest BCUT2D eigenvalue weighted by atomic mass is 16.7. The number of ether oxygens (including phenoxy) is 1. The van der Waals surface area contributed by atoms with Crippen LogP contribution in [0.25, 0.3) is 0 Å². The summed E-state index contributed by atoms with van der Waals surface area (Å²) < 4.78 is 5.36. The van der Waals surface area contributed by atoms with Crippen molar-refractivity contribution in [1.82, 2.24) is 5.48 Å². The lowest BCUT2D eigenvalue weighted by Crippen LogP contribution is -2.36. The first kappa shape index (κ1) is 14.3. The summed E-state index contributed by atoms with van der Waals surface area (Å²) in [6, 6.07) is 8.62. The van der Waals surface area contributed by atoms with Crippen LogP contribution in [-0.4, -0.2) is 31.9 Å². The van der Waals surface area contributed by atoms with Crippen molar-refractivity contribution in [2.45, 2.75) is 32.9 Å². The van der Waals surface area contributed by atoms with Gasteiger partial charge >= 0.3 is 0 Å². The Morgan fingerprint density at radius 2 is 1.79 bits per heavy atom. The predicted molar refractivity (Wildman–Crippen MR) is 77.2 cm³/mol. The van der Waals surface area contributed by atoms with E-state index in [0.717, 1.165) is 32.8 Å². The Bertz CT molecular complexity index is 378. The van der Waals surface area contributed by atoms with Crippen molar-refractivity contribution < 1.29 is 9.57 Å². The highest BCUT2D eigenvalue weighted by Crippen LogP contribution is 2.16. The van der Waals surface area contributed by atoms with E-state index in [9.17, 15) is 0 Å². The number of morpholine rings is 1. The Morgan fingerprint density at radius 3 is 2.37 bits per heavy atom. The van der Waals surface area contributed by atoms with E-state index in [0.29, 0.717) is 0 Å². The second-order valence-electron chi connectivity index (χ2n) is 5.80.